The van der Waals surface area contributed by atoms with Crippen LogP contribution in [0.2, 0.25) is 0 Å². The molecule has 0 unspecified atom stereocenters. The first kappa shape index (κ1) is 13.4. The van der Waals surface area contributed by atoms with Gasteiger partial charge < -0.3 is 5.11 Å². The van der Waals surface area contributed by atoms with E-state index < -0.39 is 40.7 Å². The van der Waals surface area contributed by atoms with Gasteiger partial charge in [-0.25, -0.2) is 8.78 Å². The molecule has 1 rings (SSSR count). The molecule has 0 aliphatic rings. The second kappa shape index (κ2) is 5.13. The minimum Gasteiger partial charge on any atom is -0.481 e. The Balaban J connectivity index is 3.47. The van der Waals surface area contributed by atoms with Gasteiger partial charge in [-0.15, -0.1) is 0 Å². The molecule has 1 heterocycles. The van der Waals surface area contributed by atoms with Crippen molar-refractivity contribution in [1.29, 1.82) is 0 Å². The predicted molar refractivity (Wildman–Crippen MR) is 54.9 cm³/mol. The van der Waals surface area contributed by atoms with Crippen molar-refractivity contribution in [2.24, 2.45) is 0 Å². The van der Waals surface area contributed by atoms with Gasteiger partial charge in [0.1, 0.15) is 11.3 Å². The molecule has 1 N–H and O–H groups in total. The molecule has 0 fully saturated rings. The molecule has 0 saturated heterocycles. The zero-order valence-corrected chi connectivity index (χ0v) is 9.65. The number of pyridine rings is 1. The Kier molecular flexibility index (Phi) is 4.05. The number of aromatic nitrogens is 1. The first-order valence-electron chi connectivity index (χ1n) is 4.16. The molecule has 1 aromatic heterocycles. The summed E-state index contributed by atoms with van der Waals surface area (Å²) < 4.78 is 25.1. The highest BCUT2D eigenvalue weighted by molar-refractivity contribution is 9.10. The molecule has 6 nitrogen and oxygen atoms in total. The summed E-state index contributed by atoms with van der Waals surface area (Å²) in [5.41, 5.74) is -2.32. The summed E-state index contributed by atoms with van der Waals surface area (Å²) in [6.07, 6.45) is -2.96. The Labute approximate surface area is 102 Å². The molecule has 17 heavy (non-hydrogen) atoms. The lowest BCUT2D eigenvalue weighted by Crippen LogP contribution is -2.09. The molecule has 92 valence electrons. The second-order valence-electron chi connectivity index (χ2n) is 2.94. The van der Waals surface area contributed by atoms with Crippen molar-refractivity contribution in [1.82, 2.24) is 4.98 Å². The minimum atomic E-state index is -3.10. The van der Waals surface area contributed by atoms with E-state index in [0.717, 1.165) is 6.20 Å². The van der Waals surface area contributed by atoms with Crippen LogP contribution in [-0.4, -0.2) is 21.0 Å². The number of aliphatic carboxylic acids is 1. The molecule has 0 radical (unpaired) electrons. The van der Waals surface area contributed by atoms with Crippen LogP contribution in [0.25, 0.3) is 0 Å². The lowest BCUT2D eigenvalue weighted by atomic mass is 10.1. The van der Waals surface area contributed by atoms with E-state index in [2.05, 4.69) is 20.9 Å². The predicted octanol–water partition coefficient (Wildman–Crippen LogP) is 2.32. The number of rotatable bonds is 4. The number of nitro groups is 1. The van der Waals surface area contributed by atoms with Crippen LogP contribution in [0.3, 0.4) is 0 Å². The summed E-state index contributed by atoms with van der Waals surface area (Å²) in [7, 11) is 0. The van der Waals surface area contributed by atoms with Gasteiger partial charge in [0.15, 0.2) is 0 Å². The van der Waals surface area contributed by atoms with Crippen molar-refractivity contribution >= 4 is 27.6 Å². The molecule has 0 spiro atoms. The third-order valence-electron chi connectivity index (χ3n) is 1.84. The Bertz CT molecular complexity index is 481. The van der Waals surface area contributed by atoms with E-state index >= 15 is 0 Å². The van der Waals surface area contributed by atoms with Crippen LogP contribution in [0.15, 0.2) is 10.7 Å². The van der Waals surface area contributed by atoms with Gasteiger partial charge in [-0.2, -0.15) is 0 Å². The van der Waals surface area contributed by atoms with E-state index in [0.29, 0.717) is 0 Å². The number of hydrogen-bond acceptors (Lipinski definition) is 4. The molecule has 1 aromatic rings. The summed E-state index contributed by atoms with van der Waals surface area (Å²) >= 11 is 2.72. The van der Waals surface area contributed by atoms with Crippen molar-refractivity contribution in [2.45, 2.75) is 12.8 Å². The van der Waals surface area contributed by atoms with E-state index in [-0.39, 0.29) is 4.47 Å². The van der Waals surface area contributed by atoms with Crippen LogP contribution in [0.1, 0.15) is 17.7 Å². The maximum atomic E-state index is 12.7. The van der Waals surface area contributed by atoms with Gasteiger partial charge in [-0.05, 0) is 15.9 Å². The molecule has 0 aliphatic heterocycles. The largest absolute Gasteiger partial charge is 0.481 e. The zero-order valence-electron chi connectivity index (χ0n) is 8.06. The molecule has 0 saturated carbocycles. The summed E-state index contributed by atoms with van der Waals surface area (Å²) in [6, 6.07) is 0. The fraction of sp³-hybridized carbons (Fsp3) is 0.250. The normalized spacial score (nSPS) is 10.6. The van der Waals surface area contributed by atoms with Gasteiger partial charge in [-0.3, -0.25) is 19.9 Å². The maximum absolute atomic E-state index is 12.7. The van der Waals surface area contributed by atoms with E-state index in [4.69, 9.17) is 5.11 Å². The molecule has 0 amide bonds. The van der Waals surface area contributed by atoms with Crippen LogP contribution in [0.4, 0.5) is 14.5 Å². The third kappa shape index (κ3) is 2.93. The van der Waals surface area contributed by atoms with Crippen LogP contribution < -0.4 is 0 Å². The molecule has 0 bridgehead atoms. The number of carboxylic acid groups (broad SMARTS) is 1. The van der Waals surface area contributed by atoms with Crippen molar-refractivity contribution in [3.63, 3.8) is 0 Å². The number of carboxylic acids is 1. The van der Waals surface area contributed by atoms with E-state index in [1.54, 1.807) is 0 Å². The summed E-state index contributed by atoms with van der Waals surface area (Å²) in [5.74, 6) is -1.39. The van der Waals surface area contributed by atoms with E-state index in [1.807, 2.05) is 0 Å². The fourth-order valence-corrected chi connectivity index (χ4v) is 1.68. The summed E-state index contributed by atoms with van der Waals surface area (Å²) in [4.78, 5) is 23.6. The smallest absolute Gasteiger partial charge is 0.309 e. The van der Waals surface area contributed by atoms with E-state index in [9.17, 15) is 23.7 Å². The van der Waals surface area contributed by atoms with Crippen LogP contribution >= 0.6 is 15.9 Å². The summed E-state index contributed by atoms with van der Waals surface area (Å²) in [6.45, 7) is 0. The third-order valence-corrected chi connectivity index (χ3v) is 2.47. The number of carbonyl (C=O) groups is 1. The molecule has 9 heteroatoms. The van der Waals surface area contributed by atoms with Gasteiger partial charge in [0, 0.05) is 6.20 Å². The first-order valence-corrected chi connectivity index (χ1v) is 4.95. The second-order valence-corrected chi connectivity index (χ2v) is 3.80. The molecular formula is C8H5BrF2N2O4. The van der Waals surface area contributed by atoms with Crippen LogP contribution in [-0.2, 0) is 11.2 Å². The molecule has 0 aromatic carbocycles. The van der Waals surface area contributed by atoms with E-state index in [1.165, 1.54) is 0 Å². The van der Waals surface area contributed by atoms with Crippen molar-refractivity contribution < 1.29 is 23.6 Å². The quantitative estimate of drug-likeness (QED) is 0.680. The molecule has 0 aliphatic carbocycles. The number of alkyl halides is 2. The van der Waals surface area contributed by atoms with Crippen molar-refractivity contribution in [3.8, 4) is 0 Å². The van der Waals surface area contributed by atoms with Crippen molar-refractivity contribution in [2.75, 3.05) is 0 Å². The monoisotopic (exact) mass is 310 g/mol. The average molecular weight is 311 g/mol. The van der Waals surface area contributed by atoms with Crippen LogP contribution in [0.5, 0.6) is 0 Å². The SMILES string of the molecule is O=C(O)Cc1ncc(Br)c(C(F)F)c1[N+](=O)[O-]. The van der Waals surface area contributed by atoms with Crippen molar-refractivity contribution in [3.05, 3.63) is 32.0 Å². The Hall–Kier alpha value is -1.64. The Morgan fingerprint density at radius 3 is 2.65 bits per heavy atom. The highest BCUT2D eigenvalue weighted by atomic mass is 79.9. The van der Waals surface area contributed by atoms with Gasteiger partial charge in [0.2, 0.25) is 0 Å². The molecule has 0 atom stereocenters. The van der Waals surface area contributed by atoms with Crippen LogP contribution in [0, 0.1) is 10.1 Å². The lowest BCUT2D eigenvalue weighted by molar-refractivity contribution is -0.387. The minimum absolute atomic E-state index is 0.228. The zero-order chi connectivity index (χ0) is 13.2. The standard InChI is InChI=1S/C8H5BrF2N2O4/c9-3-2-12-4(1-5(14)15)7(13(16)17)6(3)8(10)11/h2,8H,1H2,(H,14,15). The Morgan fingerprint density at radius 1 is 1.65 bits per heavy atom. The highest BCUT2D eigenvalue weighted by Gasteiger charge is 2.30. The highest BCUT2D eigenvalue weighted by Crippen LogP contribution is 2.36. The van der Waals surface area contributed by atoms with Gasteiger partial charge >= 0.3 is 11.7 Å². The Morgan fingerprint density at radius 2 is 2.24 bits per heavy atom. The lowest BCUT2D eigenvalue weighted by Gasteiger charge is -2.07. The molecular weight excluding hydrogens is 306 g/mol. The maximum Gasteiger partial charge on any atom is 0.309 e. The van der Waals surface area contributed by atoms with Gasteiger partial charge in [0.05, 0.1) is 15.8 Å². The first-order chi connectivity index (χ1) is 7.84. The summed E-state index contributed by atoms with van der Waals surface area (Å²) in [5, 5.41) is 19.2. The van der Waals surface area contributed by atoms with Gasteiger partial charge in [-0.1, -0.05) is 0 Å². The number of hydrogen-bond donors (Lipinski definition) is 1. The number of nitrogens with zero attached hydrogens (tertiary/aromatic N) is 2. The fourth-order valence-electron chi connectivity index (χ4n) is 1.22. The topological polar surface area (TPSA) is 93.3 Å². The van der Waals surface area contributed by atoms with Gasteiger partial charge in [0.25, 0.3) is 6.43 Å². The number of halogens is 3. The average Bonchev–Trinajstić information content (AvgIpc) is 2.18.